The third kappa shape index (κ3) is 4.84. The van der Waals surface area contributed by atoms with Crippen molar-refractivity contribution in [3.63, 3.8) is 0 Å². The highest BCUT2D eigenvalue weighted by Crippen LogP contribution is 2.16. The lowest BCUT2D eigenvalue weighted by molar-refractivity contribution is -0.146. The summed E-state index contributed by atoms with van der Waals surface area (Å²) in [5, 5.41) is 22.3. The van der Waals surface area contributed by atoms with Crippen molar-refractivity contribution in [1.29, 1.82) is 0 Å². The largest absolute Gasteiger partial charge is 0.479 e. The average Bonchev–Trinajstić information content (AvgIpc) is 2.36. The maximum atomic E-state index is 11.5. The second-order valence-electron chi connectivity index (χ2n) is 4.13. The van der Waals surface area contributed by atoms with Gasteiger partial charge >= 0.3 is 12.0 Å². The lowest BCUT2D eigenvalue weighted by atomic mass is 10.2. The molecular formula is C12H17N3O4. The maximum absolute atomic E-state index is 11.5. The minimum atomic E-state index is -1.61. The van der Waals surface area contributed by atoms with Crippen LogP contribution in [0.4, 0.5) is 16.2 Å². The predicted octanol–water partition coefficient (Wildman–Crippen LogP) is 0.320. The van der Waals surface area contributed by atoms with Gasteiger partial charge in [0.25, 0.3) is 0 Å². The van der Waals surface area contributed by atoms with Crippen LogP contribution in [-0.2, 0) is 4.79 Å². The van der Waals surface area contributed by atoms with Crippen LogP contribution >= 0.6 is 0 Å². The zero-order chi connectivity index (χ0) is 14.4. The number of carboxylic acids is 1. The molecule has 1 atom stereocenters. The summed E-state index contributed by atoms with van der Waals surface area (Å²) in [6.07, 6.45) is -1.61. The van der Waals surface area contributed by atoms with Crippen LogP contribution < -0.4 is 15.5 Å². The predicted molar refractivity (Wildman–Crippen MR) is 71.4 cm³/mol. The molecule has 4 N–H and O–H groups in total. The molecule has 0 fully saturated rings. The highest BCUT2D eigenvalue weighted by Gasteiger charge is 2.14. The summed E-state index contributed by atoms with van der Waals surface area (Å²) in [4.78, 5) is 23.7. The van der Waals surface area contributed by atoms with E-state index >= 15 is 0 Å². The normalized spacial score (nSPS) is 11.5. The van der Waals surface area contributed by atoms with Crippen LogP contribution in [0.2, 0.25) is 0 Å². The van der Waals surface area contributed by atoms with Crippen LogP contribution in [0.5, 0.6) is 0 Å². The first-order chi connectivity index (χ1) is 8.90. The first kappa shape index (κ1) is 14.8. The Hall–Kier alpha value is -2.28. The van der Waals surface area contributed by atoms with Gasteiger partial charge in [0.05, 0.1) is 6.54 Å². The number of nitrogens with zero attached hydrogens (tertiary/aromatic N) is 1. The standard InChI is InChI=1S/C12H17N3O4/c1-15(2)9-5-3-4-8(6-9)14-12(19)13-7-10(16)11(17)18/h3-6,10,16H,7H2,1-2H3,(H,17,18)(H2,13,14,19). The van der Waals surface area contributed by atoms with Crippen molar-refractivity contribution >= 4 is 23.4 Å². The molecule has 0 aromatic heterocycles. The maximum Gasteiger partial charge on any atom is 0.334 e. The topological polar surface area (TPSA) is 102 Å². The van der Waals surface area contributed by atoms with E-state index in [0.29, 0.717) is 5.69 Å². The van der Waals surface area contributed by atoms with Crippen molar-refractivity contribution in [2.75, 3.05) is 30.9 Å². The Kier molecular flexibility index (Phi) is 5.13. The van der Waals surface area contributed by atoms with E-state index in [1.165, 1.54) is 0 Å². The molecule has 0 aliphatic rings. The van der Waals surface area contributed by atoms with Gasteiger partial charge in [0.15, 0.2) is 6.10 Å². The second-order valence-corrected chi connectivity index (χ2v) is 4.13. The van der Waals surface area contributed by atoms with Gasteiger partial charge in [0, 0.05) is 25.5 Å². The molecule has 0 aliphatic carbocycles. The number of carboxylic acid groups (broad SMARTS) is 1. The van der Waals surface area contributed by atoms with Gasteiger partial charge in [-0.05, 0) is 18.2 Å². The fraction of sp³-hybridized carbons (Fsp3) is 0.333. The lowest BCUT2D eigenvalue weighted by Gasteiger charge is -2.14. The SMILES string of the molecule is CN(C)c1cccc(NC(=O)NCC(O)C(=O)O)c1. The first-order valence-electron chi connectivity index (χ1n) is 5.63. The monoisotopic (exact) mass is 267 g/mol. The Labute approximate surface area is 110 Å². The van der Waals surface area contributed by atoms with Crippen LogP contribution in [0.25, 0.3) is 0 Å². The number of anilines is 2. The Morgan fingerprint density at radius 2 is 2.05 bits per heavy atom. The average molecular weight is 267 g/mol. The molecule has 0 saturated heterocycles. The lowest BCUT2D eigenvalue weighted by Crippen LogP contribution is -2.38. The van der Waals surface area contributed by atoms with E-state index in [1.807, 2.05) is 25.1 Å². The number of carbonyl (C=O) groups is 2. The zero-order valence-corrected chi connectivity index (χ0v) is 10.8. The summed E-state index contributed by atoms with van der Waals surface area (Å²) in [5.41, 5.74) is 1.50. The van der Waals surface area contributed by atoms with Gasteiger partial charge in [-0.25, -0.2) is 9.59 Å². The Bertz CT molecular complexity index is 462. The third-order valence-electron chi connectivity index (χ3n) is 2.36. The molecule has 7 nitrogen and oxygen atoms in total. The number of benzene rings is 1. The molecule has 0 spiro atoms. The van der Waals surface area contributed by atoms with E-state index < -0.39 is 18.1 Å². The van der Waals surface area contributed by atoms with Gasteiger partial charge in [-0.2, -0.15) is 0 Å². The van der Waals surface area contributed by atoms with Crippen molar-refractivity contribution in [3.8, 4) is 0 Å². The molecule has 0 bridgehead atoms. The summed E-state index contributed by atoms with van der Waals surface area (Å²) in [6, 6.07) is 6.58. The van der Waals surface area contributed by atoms with Crippen molar-refractivity contribution in [2.45, 2.75) is 6.10 Å². The summed E-state index contributed by atoms with van der Waals surface area (Å²) in [7, 11) is 3.75. The fourth-order valence-electron chi connectivity index (χ4n) is 1.31. The van der Waals surface area contributed by atoms with E-state index in [-0.39, 0.29) is 6.54 Å². The number of amides is 2. The van der Waals surface area contributed by atoms with Crippen LogP contribution in [0, 0.1) is 0 Å². The number of nitrogens with one attached hydrogen (secondary N) is 2. The molecule has 1 rings (SSSR count). The highest BCUT2D eigenvalue weighted by molar-refractivity contribution is 5.90. The molecule has 0 radical (unpaired) electrons. The first-order valence-corrected chi connectivity index (χ1v) is 5.63. The van der Waals surface area contributed by atoms with Crippen molar-refractivity contribution in [2.24, 2.45) is 0 Å². The second kappa shape index (κ2) is 6.60. The number of urea groups is 1. The number of hydrogen-bond acceptors (Lipinski definition) is 4. The summed E-state index contributed by atoms with van der Waals surface area (Å²) < 4.78 is 0. The Balaban J connectivity index is 2.53. The van der Waals surface area contributed by atoms with E-state index in [2.05, 4.69) is 10.6 Å². The van der Waals surface area contributed by atoms with Crippen LogP contribution in [0.15, 0.2) is 24.3 Å². The number of hydrogen-bond donors (Lipinski definition) is 4. The smallest absolute Gasteiger partial charge is 0.334 e. The third-order valence-corrected chi connectivity index (χ3v) is 2.36. The molecule has 0 saturated carbocycles. The molecule has 1 unspecified atom stereocenters. The molecule has 104 valence electrons. The van der Waals surface area contributed by atoms with Gasteiger partial charge < -0.3 is 25.7 Å². The molecule has 19 heavy (non-hydrogen) atoms. The van der Waals surface area contributed by atoms with E-state index in [1.54, 1.807) is 18.2 Å². The van der Waals surface area contributed by atoms with E-state index in [9.17, 15) is 9.59 Å². The van der Waals surface area contributed by atoms with Crippen molar-refractivity contribution < 1.29 is 19.8 Å². The molecule has 2 amide bonds. The number of aliphatic carboxylic acids is 1. The minimum absolute atomic E-state index is 0.353. The van der Waals surface area contributed by atoms with Crippen LogP contribution in [-0.4, -0.2) is 49.0 Å². The van der Waals surface area contributed by atoms with Crippen molar-refractivity contribution in [3.05, 3.63) is 24.3 Å². The van der Waals surface area contributed by atoms with E-state index in [0.717, 1.165) is 5.69 Å². The fourth-order valence-corrected chi connectivity index (χ4v) is 1.31. The molecule has 7 heteroatoms. The van der Waals surface area contributed by atoms with Gasteiger partial charge in [-0.15, -0.1) is 0 Å². The molecule has 0 heterocycles. The highest BCUT2D eigenvalue weighted by atomic mass is 16.4. The summed E-state index contributed by atoms with van der Waals surface area (Å²) in [5.74, 6) is -1.38. The van der Waals surface area contributed by atoms with E-state index in [4.69, 9.17) is 10.2 Å². The van der Waals surface area contributed by atoms with Gasteiger partial charge in [0.2, 0.25) is 0 Å². The number of aliphatic hydroxyl groups excluding tert-OH is 1. The Morgan fingerprint density at radius 3 is 2.63 bits per heavy atom. The summed E-state index contributed by atoms with van der Waals surface area (Å²) >= 11 is 0. The van der Waals surface area contributed by atoms with Crippen LogP contribution in [0.1, 0.15) is 0 Å². The van der Waals surface area contributed by atoms with Gasteiger partial charge in [-0.3, -0.25) is 0 Å². The van der Waals surface area contributed by atoms with Crippen molar-refractivity contribution in [1.82, 2.24) is 5.32 Å². The van der Waals surface area contributed by atoms with Gasteiger partial charge in [-0.1, -0.05) is 6.07 Å². The number of aliphatic hydroxyl groups is 1. The molecule has 1 aromatic rings. The minimum Gasteiger partial charge on any atom is -0.479 e. The zero-order valence-electron chi connectivity index (χ0n) is 10.8. The molecule has 0 aliphatic heterocycles. The number of carbonyl (C=O) groups excluding carboxylic acids is 1. The number of rotatable bonds is 5. The van der Waals surface area contributed by atoms with Crippen LogP contribution in [0.3, 0.4) is 0 Å². The van der Waals surface area contributed by atoms with Gasteiger partial charge in [0.1, 0.15) is 0 Å². The quantitative estimate of drug-likeness (QED) is 0.615. The Morgan fingerprint density at radius 1 is 1.37 bits per heavy atom. The molecule has 1 aromatic carbocycles. The summed E-state index contributed by atoms with van der Waals surface area (Å²) in [6.45, 7) is -0.353. The molecular weight excluding hydrogens is 250 g/mol.